The van der Waals surface area contributed by atoms with Gasteiger partial charge in [0.1, 0.15) is 52.6 Å². The van der Waals surface area contributed by atoms with Gasteiger partial charge in [-0.05, 0) is 192 Å². The Kier molecular flexibility index (Phi) is 27.6. The third-order valence-electron chi connectivity index (χ3n) is 17.1. The van der Waals surface area contributed by atoms with E-state index < -0.39 is 94.1 Å². The lowest BCUT2D eigenvalue weighted by molar-refractivity contribution is -0.139. The van der Waals surface area contributed by atoms with Gasteiger partial charge in [0.2, 0.25) is 53.2 Å². The number of methoxy groups -OCH3 is 1. The van der Waals surface area contributed by atoms with Gasteiger partial charge in [-0.15, -0.1) is 0 Å². The van der Waals surface area contributed by atoms with Gasteiger partial charge in [0, 0.05) is 31.6 Å². The van der Waals surface area contributed by atoms with Gasteiger partial charge >= 0.3 is 0 Å². The number of likely N-dealkylation sites (N-methyl/N-ethyl adjacent to an activating group) is 1. The van der Waals surface area contributed by atoms with Crippen LogP contribution in [0.1, 0.15) is 175 Å². The zero-order valence-corrected chi connectivity index (χ0v) is 58.0. The van der Waals surface area contributed by atoms with E-state index in [1.54, 1.807) is 24.1 Å². The molecule has 22 nitrogen and oxygen atoms in total. The predicted molar refractivity (Wildman–Crippen MR) is 360 cm³/mol. The molecule has 0 bridgehead atoms. The van der Waals surface area contributed by atoms with Gasteiger partial charge in [-0.25, -0.2) is 0 Å². The van der Waals surface area contributed by atoms with Gasteiger partial charge in [-0.2, -0.15) is 0 Å². The highest BCUT2D eigenvalue weighted by Crippen LogP contribution is 2.32. The lowest BCUT2D eigenvalue weighted by Gasteiger charge is -2.44. The smallest absolute Gasteiger partial charge is 0.254 e. The fourth-order valence-corrected chi connectivity index (χ4v) is 11.6. The topological polar surface area (TPSA) is 295 Å². The van der Waals surface area contributed by atoms with Crippen LogP contribution in [0.3, 0.4) is 0 Å². The molecule has 22 heteroatoms. The largest absolute Gasteiger partial charge is 0.497 e. The van der Waals surface area contributed by atoms with Crippen LogP contribution in [0.5, 0.6) is 5.75 Å². The molecule has 9 N–H and O–H groups in total. The first-order valence-electron chi connectivity index (χ1n) is 33.1. The molecule has 3 aromatic rings. The summed E-state index contributed by atoms with van der Waals surface area (Å²) < 4.78 is 5.32. The molecule has 1 aliphatic heterocycles. The highest BCUT2D eigenvalue weighted by atomic mass is 16.5. The second-order valence-electron chi connectivity index (χ2n) is 28.7. The fraction of sp³-hybridized carbons (Fsp3) is 0.606. The van der Waals surface area contributed by atoms with E-state index in [1.165, 1.54) is 41.5 Å². The molecule has 3 aromatic carbocycles. The molecule has 1 saturated heterocycles. The van der Waals surface area contributed by atoms with Gasteiger partial charge in [-0.1, -0.05) is 95.6 Å². The van der Waals surface area contributed by atoms with Gasteiger partial charge < -0.3 is 62.4 Å². The van der Waals surface area contributed by atoms with E-state index in [2.05, 4.69) is 47.9 Å². The molecule has 10 amide bonds. The summed E-state index contributed by atoms with van der Waals surface area (Å²) in [7, 11) is 5.53. The number of carbonyl (C=O) groups excluding carboxylic acids is 10. The van der Waals surface area contributed by atoms with Crippen molar-refractivity contribution in [2.45, 2.75) is 219 Å². The minimum atomic E-state index is -1.67. The lowest BCUT2D eigenvalue weighted by atomic mass is 9.76. The van der Waals surface area contributed by atoms with Crippen molar-refractivity contribution in [1.29, 1.82) is 0 Å². The Hall–Kier alpha value is -7.88. The van der Waals surface area contributed by atoms with E-state index in [4.69, 9.17) is 4.74 Å². The van der Waals surface area contributed by atoms with Crippen LogP contribution in [-0.4, -0.2) is 162 Å². The van der Waals surface area contributed by atoms with E-state index in [1.807, 2.05) is 128 Å². The number of carbonyl (C=O) groups is 10. The van der Waals surface area contributed by atoms with Gasteiger partial charge in [-0.3, -0.25) is 47.9 Å². The molecule has 512 valence electrons. The molecule has 93 heavy (non-hydrogen) atoms. The van der Waals surface area contributed by atoms with Gasteiger partial charge in [0.15, 0.2) is 0 Å². The Morgan fingerprint density at radius 1 is 0.591 bits per heavy atom. The normalized spacial score (nSPS) is 16.0. The lowest BCUT2D eigenvalue weighted by Crippen LogP contribution is -2.65. The molecular formula is C71H107N11O11. The van der Waals surface area contributed by atoms with Crippen molar-refractivity contribution in [2.24, 2.45) is 17.8 Å². The molecule has 2 aliphatic rings. The first-order chi connectivity index (χ1) is 43.5. The zero-order valence-electron chi connectivity index (χ0n) is 58.0. The maximum atomic E-state index is 14.7. The van der Waals surface area contributed by atoms with Crippen molar-refractivity contribution in [3.05, 3.63) is 89.5 Å². The van der Waals surface area contributed by atoms with Crippen LogP contribution >= 0.6 is 0 Å². The SMILES string of the molecule is COc1ccc(-c2ccc(CCC[C@H](NC(=O)[C@@H]3CCCN3C(=O)c3ccc(C)cc3)C(=O)N[C@@H](CC(C)C)C(=O)NC(C)(C)C(=O)N[C@@H](CC(C)C)C(=O)N[C@@H](CC(C)C)C(=O)NC(C)(C)C(=O)NC(C)(C)C(=O)NCCC(=O)NC3(CN(C)C)CCC3)cc2)cc1. The van der Waals surface area contributed by atoms with Crippen molar-refractivity contribution < 1.29 is 52.7 Å². The van der Waals surface area contributed by atoms with Crippen molar-refractivity contribution in [3.63, 3.8) is 0 Å². The molecular weight excluding hydrogens is 1180 g/mol. The first kappa shape index (κ1) is 75.8. The molecule has 0 aromatic heterocycles. The number of nitrogens with one attached hydrogen (secondary N) is 9. The van der Waals surface area contributed by atoms with Crippen LogP contribution in [0.4, 0.5) is 0 Å². The summed E-state index contributed by atoms with van der Waals surface area (Å²) in [6.45, 7) is 23.2. The van der Waals surface area contributed by atoms with Crippen LogP contribution in [0, 0.1) is 24.7 Å². The Morgan fingerprint density at radius 2 is 1.09 bits per heavy atom. The predicted octanol–water partition coefficient (Wildman–Crippen LogP) is 6.17. The minimum Gasteiger partial charge on any atom is -0.497 e. The average Bonchev–Trinajstić information content (AvgIpc) is 2.00. The molecule has 1 saturated carbocycles. The number of hydrogen-bond acceptors (Lipinski definition) is 12. The molecule has 5 atom stereocenters. The fourth-order valence-electron chi connectivity index (χ4n) is 11.6. The van der Waals surface area contributed by atoms with E-state index in [0.29, 0.717) is 37.8 Å². The average molecular weight is 1290 g/mol. The van der Waals surface area contributed by atoms with Gasteiger partial charge in [0.25, 0.3) is 5.91 Å². The maximum Gasteiger partial charge on any atom is 0.254 e. The third-order valence-corrected chi connectivity index (χ3v) is 17.1. The molecule has 2 fully saturated rings. The van der Waals surface area contributed by atoms with Crippen molar-refractivity contribution in [2.75, 3.05) is 40.8 Å². The van der Waals surface area contributed by atoms with Crippen molar-refractivity contribution in [1.82, 2.24) is 57.7 Å². The summed E-state index contributed by atoms with van der Waals surface area (Å²) in [6, 6.07) is 17.5. The Labute approximate surface area is 551 Å². The van der Waals surface area contributed by atoms with E-state index in [0.717, 1.165) is 53.8 Å². The first-order valence-corrected chi connectivity index (χ1v) is 33.1. The van der Waals surface area contributed by atoms with Crippen molar-refractivity contribution in [3.8, 4) is 16.9 Å². The molecule has 5 rings (SSSR count). The van der Waals surface area contributed by atoms with Crippen molar-refractivity contribution >= 4 is 59.1 Å². The summed E-state index contributed by atoms with van der Waals surface area (Å²) in [5.74, 6) is -5.22. The molecule has 1 heterocycles. The second-order valence-corrected chi connectivity index (χ2v) is 28.7. The third kappa shape index (κ3) is 23.0. The Morgan fingerprint density at radius 3 is 1.58 bits per heavy atom. The number of likely N-dealkylation sites (tertiary alicyclic amines) is 1. The second kappa shape index (κ2) is 33.8. The number of aryl methyl sites for hydroxylation is 2. The summed E-state index contributed by atoms with van der Waals surface area (Å²) in [5, 5.41) is 25.6. The zero-order chi connectivity index (χ0) is 69.2. The summed E-state index contributed by atoms with van der Waals surface area (Å²) in [5.41, 5.74) is -0.522. The minimum absolute atomic E-state index is 0.0418. The quantitative estimate of drug-likeness (QED) is 0.0325. The van der Waals surface area contributed by atoms with E-state index in [9.17, 15) is 47.9 Å². The van der Waals surface area contributed by atoms with Crippen LogP contribution < -0.4 is 52.6 Å². The number of rotatable bonds is 34. The van der Waals surface area contributed by atoms with E-state index in [-0.39, 0.29) is 73.8 Å². The molecule has 0 spiro atoms. The van der Waals surface area contributed by atoms with E-state index >= 15 is 0 Å². The highest BCUT2D eigenvalue weighted by Gasteiger charge is 2.43. The van der Waals surface area contributed by atoms with Crippen LogP contribution in [-0.2, 0) is 49.6 Å². The molecule has 0 unspecified atom stereocenters. The number of nitrogens with zero attached hydrogens (tertiary/aromatic N) is 2. The Bertz CT molecular complexity index is 3060. The highest BCUT2D eigenvalue weighted by molar-refractivity contribution is 6.01. The van der Waals surface area contributed by atoms with Crippen LogP contribution in [0.25, 0.3) is 11.1 Å². The standard InChI is InChI=1S/C71H107N11O11/c1-44(2)40-54(60(85)75-56(42-46(5)6)62(87)79-70(12,13)67(92)80-68(8,9)65(90)72-38-35-58(83)77-71(36-19-37-71)43-81(14)15)76-66(91)69(10,11)78-61(86)55(41-45(3)4)74-59(84)53(21-17-20-48-25-29-49(30-26-48)50-31-33-52(93-16)34-32-50)73-63(88)57-22-18-39-82(57)64(89)51-27-23-47(7)24-28-51/h23-34,44-46,53-57H,17-22,35-43H2,1-16H3,(H,72,90)(H,73,88)(H,74,84)(H,75,85)(H,76,91)(H,77,83)(H,78,86)(H,79,87)(H,80,92)/t53-,54-,55-,56-,57-/m0/s1. The number of benzene rings is 3. The summed E-state index contributed by atoms with van der Waals surface area (Å²) >= 11 is 0. The number of amides is 10. The Balaban J connectivity index is 1.25. The number of hydrogen-bond donors (Lipinski definition) is 9. The van der Waals surface area contributed by atoms with Gasteiger partial charge in [0.05, 0.1) is 12.6 Å². The summed E-state index contributed by atoms with van der Waals surface area (Å²) in [6.07, 6.45) is 5.49. The molecule has 1 aliphatic carbocycles. The summed E-state index contributed by atoms with van der Waals surface area (Å²) in [4.78, 5) is 144. The van der Waals surface area contributed by atoms with Crippen LogP contribution in [0.15, 0.2) is 72.8 Å². The van der Waals surface area contributed by atoms with Crippen LogP contribution in [0.2, 0.25) is 0 Å². The monoisotopic (exact) mass is 1290 g/mol. The maximum absolute atomic E-state index is 14.7. The molecule has 0 radical (unpaired) electrons. The number of ether oxygens (including phenoxy) is 1.